The van der Waals surface area contributed by atoms with Crippen LogP contribution < -0.4 is 0 Å². The third kappa shape index (κ3) is 2.18. The Balaban J connectivity index is 2.08. The van der Waals surface area contributed by atoms with Gasteiger partial charge in [0.25, 0.3) is 5.91 Å². The number of carbonyl (C=O) groups is 1. The van der Waals surface area contributed by atoms with Gasteiger partial charge in [-0.05, 0) is 13.8 Å². The number of hydrogen-bond acceptors (Lipinski definition) is 3. The summed E-state index contributed by atoms with van der Waals surface area (Å²) in [5, 5.41) is 6.41. The molecule has 1 saturated heterocycles. The van der Waals surface area contributed by atoms with Crippen molar-refractivity contribution in [3.8, 4) is 0 Å². The number of carbonyl (C=O) groups excluding carboxylic acids is 1. The molecule has 2 heterocycles. The summed E-state index contributed by atoms with van der Waals surface area (Å²) in [7, 11) is 0. The molecule has 1 aromatic heterocycles. The van der Waals surface area contributed by atoms with Crippen LogP contribution in [0.2, 0.25) is 0 Å². The van der Waals surface area contributed by atoms with Crippen LogP contribution in [0.4, 0.5) is 0 Å². The first kappa shape index (κ1) is 10.2. The van der Waals surface area contributed by atoms with Crippen LogP contribution in [0.5, 0.6) is 0 Å². The van der Waals surface area contributed by atoms with E-state index >= 15 is 0 Å². The molecule has 0 radical (unpaired) electrons. The highest BCUT2D eigenvalue weighted by Gasteiger charge is 2.30. The molecular formula is C10H15N3O2. The predicted molar refractivity (Wildman–Crippen MR) is 54.5 cm³/mol. The fraction of sp³-hybridized carbons (Fsp3) is 0.600. The highest BCUT2D eigenvalue weighted by Crippen LogP contribution is 2.17. The van der Waals surface area contributed by atoms with Crippen LogP contribution in [0.15, 0.2) is 12.4 Å². The number of nitrogens with one attached hydrogen (secondary N) is 1. The fourth-order valence-corrected chi connectivity index (χ4v) is 1.74. The van der Waals surface area contributed by atoms with E-state index in [4.69, 9.17) is 4.74 Å². The van der Waals surface area contributed by atoms with Crippen LogP contribution in [0.1, 0.15) is 24.2 Å². The van der Waals surface area contributed by atoms with Crippen molar-refractivity contribution in [2.75, 3.05) is 19.7 Å². The van der Waals surface area contributed by atoms with Crippen LogP contribution in [0.3, 0.4) is 0 Å². The van der Waals surface area contributed by atoms with Gasteiger partial charge in [-0.1, -0.05) is 0 Å². The number of H-pyrrole nitrogens is 1. The highest BCUT2D eigenvalue weighted by molar-refractivity contribution is 5.93. The second-order valence-electron chi connectivity index (χ2n) is 4.32. The SMILES string of the molecule is CC1(C)CN(C(=O)c2cn[nH]c2)CCO1. The van der Waals surface area contributed by atoms with Crippen molar-refractivity contribution >= 4 is 5.91 Å². The third-order valence-electron chi connectivity index (χ3n) is 2.46. The molecule has 82 valence electrons. The normalized spacial score (nSPS) is 20.3. The molecule has 1 aliphatic rings. The van der Waals surface area contributed by atoms with E-state index in [1.807, 2.05) is 13.8 Å². The molecule has 5 heteroatoms. The minimum absolute atomic E-state index is 0.0140. The summed E-state index contributed by atoms with van der Waals surface area (Å²) in [5.41, 5.74) is 0.352. The standard InChI is InChI=1S/C10H15N3O2/c1-10(2)7-13(3-4-15-10)9(14)8-5-11-12-6-8/h5-6H,3-4,7H2,1-2H3,(H,11,12). The first-order valence-electron chi connectivity index (χ1n) is 5.00. The molecule has 1 aromatic rings. The average molecular weight is 209 g/mol. The summed E-state index contributed by atoms with van der Waals surface area (Å²) in [4.78, 5) is 13.8. The van der Waals surface area contributed by atoms with Gasteiger partial charge in [0, 0.05) is 19.3 Å². The van der Waals surface area contributed by atoms with Crippen molar-refractivity contribution in [2.24, 2.45) is 0 Å². The summed E-state index contributed by atoms with van der Waals surface area (Å²) in [6, 6.07) is 0. The Labute approximate surface area is 88.4 Å². The number of aromatic amines is 1. The van der Waals surface area contributed by atoms with Crippen molar-refractivity contribution in [3.63, 3.8) is 0 Å². The summed E-state index contributed by atoms with van der Waals surface area (Å²) < 4.78 is 5.55. The molecule has 15 heavy (non-hydrogen) atoms. The van der Waals surface area contributed by atoms with Gasteiger partial charge in [-0.3, -0.25) is 9.89 Å². The topological polar surface area (TPSA) is 58.2 Å². The molecule has 1 amide bonds. The maximum atomic E-state index is 12.0. The van der Waals surface area contributed by atoms with Crippen molar-refractivity contribution in [1.82, 2.24) is 15.1 Å². The first-order chi connectivity index (χ1) is 7.08. The number of aromatic nitrogens is 2. The molecule has 1 aliphatic heterocycles. The molecule has 0 spiro atoms. The molecule has 1 fully saturated rings. The molecule has 2 rings (SSSR count). The Hall–Kier alpha value is -1.36. The molecular weight excluding hydrogens is 194 g/mol. The molecule has 1 N–H and O–H groups in total. The number of hydrogen-bond donors (Lipinski definition) is 1. The van der Waals surface area contributed by atoms with Gasteiger partial charge >= 0.3 is 0 Å². The van der Waals surface area contributed by atoms with Gasteiger partial charge in [0.05, 0.1) is 24.0 Å². The zero-order valence-electron chi connectivity index (χ0n) is 8.99. The number of nitrogens with zero attached hydrogens (tertiary/aromatic N) is 2. The first-order valence-corrected chi connectivity index (χ1v) is 5.00. The monoisotopic (exact) mass is 209 g/mol. The van der Waals surface area contributed by atoms with Crippen LogP contribution in [-0.4, -0.2) is 46.3 Å². The van der Waals surface area contributed by atoms with E-state index in [0.717, 1.165) is 0 Å². The van der Waals surface area contributed by atoms with Crippen molar-refractivity contribution < 1.29 is 9.53 Å². The van der Waals surface area contributed by atoms with Crippen LogP contribution >= 0.6 is 0 Å². The molecule has 0 aromatic carbocycles. The van der Waals surface area contributed by atoms with Crippen molar-refractivity contribution in [2.45, 2.75) is 19.4 Å². The molecule has 0 aliphatic carbocycles. The average Bonchev–Trinajstić information content (AvgIpc) is 2.67. The van der Waals surface area contributed by atoms with Crippen LogP contribution in [0, 0.1) is 0 Å². The minimum Gasteiger partial charge on any atom is -0.372 e. The van der Waals surface area contributed by atoms with E-state index < -0.39 is 0 Å². The van der Waals surface area contributed by atoms with Crippen molar-refractivity contribution in [3.05, 3.63) is 18.0 Å². The smallest absolute Gasteiger partial charge is 0.257 e. The van der Waals surface area contributed by atoms with E-state index in [0.29, 0.717) is 25.3 Å². The fourth-order valence-electron chi connectivity index (χ4n) is 1.74. The quantitative estimate of drug-likeness (QED) is 0.739. The Kier molecular flexibility index (Phi) is 2.48. The van der Waals surface area contributed by atoms with Crippen LogP contribution in [-0.2, 0) is 4.74 Å². The van der Waals surface area contributed by atoms with Crippen LogP contribution in [0.25, 0.3) is 0 Å². The summed E-state index contributed by atoms with van der Waals surface area (Å²) in [6.45, 7) is 5.84. The largest absolute Gasteiger partial charge is 0.372 e. The Morgan fingerprint density at radius 2 is 2.47 bits per heavy atom. The van der Waals surface area contributed by atoms with E-state index in [2.05, 4.69) is 10.2 Å². The third-order valence-corrected chi connectivity index (χ3v) is 2.46. The molecule has 5 nitrogen and oxygen atoms in total. The lowest BCUT2D eigenvalue weighted by Gasteiger charge is -2.37. The lowest BCUT2D eigenvalue weighted by atomic mass is 10.1. The van der Waals surface area contributed by atoms with Gasteiger partial charge in [-0.15, -0.1) is 0 Å². The molecule has 0 bridgehead atoms. The molecule has 0 atom stereocenters. The lowest BCUT2D eigenvalue weighted by Crippen LogP contribution is -2.50. The number of morpholine rings is 1. The maximum absolute atomic E-state index is 12.0. The van der Waals surface area contributed by atoms with E-state index in [1.54, 1.807) is 17.3 Å². The Bertz CT molecular complexity index is 346. The van der Waals surface area contributed by atoms with Gasteiger partial charge in [0.2, 0.25) is 0 Å². The summed E-state index contributed by atoms with van der Waals surface area (Å²) in [5.74, 6) is 0.0140. The number of rotatable bonds is 1. The van der Waals surface area contributed by atoms with E-state index in [9.17, 15) is 4.79 Å². The Morgan fingerprint density at radius 1 is 1.67 bits per heavy atom. The summed E-state index contributed by atoms with van der Waals surface area (Å²) in [6.07, 6.45) is 3.16. The van der Waals surface area contributed by atoms with Gasteiger partial charge < -0.3 is 9.64 Å². The zero-order valence-corrected chi connectivity index (χ0v) is 8.99. The van der Waals surface area contributed by atoms with Crippen molar-refractivity contribution in [1.29, 1.82) is 0 Å². The second-order valence-corrected chi connectivity index (χ2v) is 4.32. The minimum atomic E-state index is -0.252. The van der Waals surface area contributed by atoms with E-state index in [1.165, 1.54) is 0 Å². The lowest BCUT2D eigenvalue weighted by molar-refractivity contribution is -0.0764. The second kappa shape index (κ2) is 3.66. The maximum Gasteiger partial charge on any atom is 0.257 e. The predicted octanol–water partition coefficient (Wildman–Crippen LogP) is 0.661. The number of ether oxygens (including phenoxy) is 1. The van der Waals surface area contributed by atoms with Gasteiger partial charge in [-0.25, -0.2) is 0 Å². The highest BCUT2D eigenvalue weighted by atomic mass is 16.5. The zero-order chi connectivity index (χ0) is 10.9. The van der Waals surface area contributed by atoms with Gasteiger partial charge in [0.15, 0.2) is 0 Å². The Morgan fingerprint density at radius 3 is 3.07 bits per heavy atom. The van der Waals surface area contributed by atoms with Gasteiger partial charge in [0.1, 0.15) is 0 Å². The van der Waals surface area contributed by atoms with Gasteiger partial charge in [-0.2, -0.15) is 5.10 Å². The summed E-state index contributed by atoms with van der Waals surface area (Å²) >= 11 is 0. The molecule has 0 saturated carbocycles. The number of amides is 1. The molecule has 0 unspecified atom stereocenters. The van der Waals surface area contributed by atoms with E-state index in [-0.39, 0.29) is 11.5 Å².